The Bertz CT molecular complexity index is 585. The maximum Gasteiger partial charge on any atom is 0.119 e. The number of unbranched alkanes of at least 4 members (excludes halogenated alkanes) is 1. The molecule has 0 fully saturated rings. The second-order valence-electron chi connectivity index (χ2n) is 6.75. The molecule has 3 N–H and O–H groups in total. The first-order chi connectivity index (χ1) is 11.6. The van der Waals surface area contributed by atoms with Crippen LogP contribution >= 0.6 is 12.4 Å². The molecular weight excluding hydrogens is 334 g/mol. The van der Waals surface area contributed by atoms with E-state index in [-0.39, 0.29) is 19.0 Å². The molecule has 2 rings (SSSR count). The van der Waals surface area contributed by atoms with Gasteiger partial charge in [0.2, 0.25) is 0 Å². The second kappa shape index (κ2) is 11.1. The number of aliphatic hydroxyl groups is 1. The molecule has 1 atom stereocenters. The highest BCUT2D eigenvalue weighted by molar-refractivity contribution is 5.85. The van der Waals surface area contributed by atoms with Crippen LogP contribution in [0.4, 0.5) is 0 Å². The fourth-order valence-corrected chi connectivity index (χ4v) is 2.53. The summed E-state index contributed by atoms with van der Waals surface area (Å²) in [6.45, 7) is 2.63. The van der Waals surface area contributed by atoms with E-state index in [4.69, 9.17) is 10.5 Å². The van der Waals surface area contributed by atoms with E-state index >= 15 is 0 Å². The van der Waals surface area contributed by atoms with Gasteiger partial charge in [0.15, 0.2) is 0 Å². The van der Waals surface area contributed by atoms with Crippen LogP contribution in [0.1, 0.15) is 37.3 Å². The quantitative estimate of drug-likeness (QED) is 0.623. The van der Waals surface area contributed by atoms with Crippen molar-refractivity contribution >= 4 is 12.4 Å². The Hall–Kier alpha value is -1.55. The van der Waals surface area contributed by atoms with Crippen molar-refractivity contribution in [1.29, 1.82) is 0 Å². The molecule has 2 aromatic rings. The Morgan fingerprint density at radius 1 is 0.920 bits per heavy atom. The normalized spacial score (nSPS) is 12.9. The standard InChI is InChI=1S/C21H29NO2.ClH/c1-21(22,17-23)15-14-19-10-12-20(13-11-19)24-16-6-5-9-18-7-3-2-4-8-18;/h2-4,7-8,10-13,23H,5-6,9,14-17,22H2,1H3;1H. The van der Waals surface area contributed by atoms with E-state index in [0.717, 1.165) is 44.5 Å². The molecule has 2 aromatic carbocycles. The van der Waals surface area contributed by atoms with Gasteiger partial charge in [-0.05, 0) is 62.3 Å². The van der Waals surface area contributed by atoms with Gasteiger partial charge < -0.3 is 15.6 Å². The topological polar surface area (TPSA) is 55.5 Å². The third-order valence-electron chi connectivity index (χ3n) is 4.24. The summed E-state index contributed by atoms with van der Waals surface area (Å²) in [5.41, 5.74) is 8.05. The number of nitrogens with two attached hydrogens (primary N) is 1. The van der Waals surface area contributed by atoms with Crippen LogP contribution in [0.5, 0.6) is 5.75 Å². The molecule has 0 bridgehead atoms. The number of benzene rings is 2. The summed E-state index contributed by atoms with van der Waals surface area (Å²) in [6, 6.07) is 18.7. The van der Waals surface area contributed by atoms with Crippen molar-refractivity contribution in [3.63, 3.8) is 0 Å². The number of ether oxygens (including phenoxy) is 1. The van der Waals surface area contributed by atoms with E-state index in [2.05, 4.69) is 36.4 Å². The minimum absolute atomic E-state index is 0. The molecule has 0 aliphatic rings. The molecule has 1 unspecified atom stereocenters. The summed E-state index contributed by atoms with van der Waals surface area (Å²) in [5.74, 6) is 0.913. The highest BCUT2D eigenvalue weighted by atomic mass is 35.5. The molecule has 0 aliphatic carbocycles. The van der Waals surface area contributed by atoms with E-state index in [0.29, 0.717) is 0 Å². The van der Waals surface area contributed by atoms with Gasteiger partial charge in [0.05, 0.1) is 13.2 Å². The van der Waals surface area contributed by atoms with Crippen molar-refractivity contribution in [2.75, 3.05) is 13.2 Å². The Kier molecular flexibility index (Phi) is 9.58. The Labute approximate surface area is 157 Å². The highest BCUT2D eigenvalue weighted by Gasteiger charge is 2.16. The van der Waals surface area contributed by atoms with Crippen molar-refractivity contribution in [3.05, 3.63) is 65.7 Å². The van der Waals surface area contributed by atoms with Gasteiger partial charge in [-0.3, -0.25) is 0 Å². The average Bonchev–Trinajstić information content (AvgIpc) is 2.62. The SMILES string of the molecule is CC(N)(CO)CCc1ccc(OCCCCc2ccccc2)cc1.Cl. The molecule has 0 amide bonds. The molecule has 4 heteroatoms. The van der Waals surface area contributed by atoms with E-state index in [1.54, 1.807) is 0 Å². The fourth-order valence-electron chi connectivity index (χ4n) is 2.53. The molecule has 0 spiro atoms. The summed E-state index contributed by atoms with van der Waals surface area (Å²) in [4.78, 5) is 0. The predicted octanol–water partition coefficient (Wildman–Crippen LogP) is 4.15. The summed E-state index contributed by atoms with van der Waals surface area (Å²) in [7, 11) is 0. The summed E-state index contributed by atoms with van der Waals surface area (Å²) in [6.07, 6.45) is 4.93. The lowest BCUT2D eigenvalue weighted by atomic mass is 9.95. The largest absolute Gasteiger partial charge is 0.494 e. The first-order valence-electron chi connectivity index (χ1n) is 8.74. The molecule has 0 radical (unpaired) electrons. The minimum Gasteiger partial charge on any atom is -0.494 e. The highest BCUT2D eigenvalue weighted by Crippen LogP contribution is 2.16. The Balaban J connectivity index is 0.00000312. The molecule has 0 aromatic heterocycles. The average molecular weight is 364 g/mol. The third kappa shape index (κ3) is 8.39. The van der Waals surface area contributed by atoms with Crippen molar-refractivity contribution in [3.8, 4) is 5.75 Å². The zero-order valence-electron chi connectivity index (χ0n) is 15.0. The van der Waals surface area contributed by atoms with Crippen LogP contribution < -0.4 is 10.5 Å². The predicted molar refractivity (Wildman–Crippen MR) is 107 cm³/mol. The number of hydrogen-bond donors (Lipinski definition) is 2. The maximum absolute atomic E-state index is 9.18. The molecule has 0 saturated carbocycles. The number of aryl methyl sites for hydroxylation is 2. The van der Waals surface area contributed by atoms with Gasteiger partial charge in [-0.2, -0.15) is 0 Å². The smallest absolute Gasteiger partial charge is 0.119 e. The zero-order chi connectivity index (χ0) is 17.3. The molecule has 138 valence electrons. The van der Waals surface area contributed by atoms with Crippen molar-refractivity contribution in [1.82, 2.24) is 0 Å². The first kappa shape index (κ1) is 21.5. The maximum atomic E-state index is 9.18. The molecule has 3 nitrogen and oxygen atoms in total. The molecule has 0 heterocycles. The summed E-state index contributed by atoms with van der Waals surface area (Å²) < 4.78 is 5.80. The van der Waals surface area contributed by atoms with Crippen LogP contribution in [0.25, 0.3) is 0 Å². The van der Waals surface area contributed by atoms with Gasteiger partial charge in [-0.1, -0.05) is 42.5 Å². The first-order valence-corrected chi connectivity index (χ1v) is 8.74. The van der Waals surface area contributed by atoms with Gasteiger partial charge in [0, 0.05) is 5.54 Å². The summed E-state index contributed by atoms with van der Waals surface area (Å²) >= 11 is 0. The molecular formula is C21H30ClNO2. The van der Waals surface area contributed by atoms with Crippen molar-refractivity contribution < 1.29 is 9.84 Å². The van der Waals surface area contributed by atoms with Gasteiger partial charge in [-0.15, -0.1) is 12.4 Å². The monoisotopic (exact) mass is 363 g/mol. The minimum atomic E-state index is -0.506. The number of hydrogen-bond acceptors (Lipinski definition) is 3. The number of rotatable bonds is 10. The number of halogens is 1. The lowest BCUT2D eigenvalue weighted by molar-refractivity contribution is 0.200. The Morgan fingerprint density at radius 2 is 1.56 bits per heavy atom. The van der Waals surface area contributed by atoms with Crippen LogP contribution in [0, 0.1) is 0 Å². The van der Waals surface area contributed by atoms with Gasteiger partial charge in [0.25, 0.3) is 0 Å². The van der Waals surface area contributed by atoms with Crippen molar-refractivity contribution in [2.45, 2.75) is 44.6 Å². The van der Waals surface area contributed by atoms with Crippen LogP contribution in [0.2, 0.25) is 0 Å². The van der Waals surface area contributed by atoms with E-state index < -0.39 is 5.54 Å². The van der Waals surface area contributed by atoms with E-state index in [9.17, 15) is 5.11 Å². The van der Waals surface area contributed by atoms with Gasteiger partial charge >= 0.3 is 0 Å². The second-order valence-corrected chi connectivity index (χ2v) is 6.75. The van der Waals surface area contributed by atoms with Crippen LogP contribution in [0.15, 0.2) is 54.6 Å². The lowest BCUT2D eigenvalue weighted by Crippen LogP contribution is -2.40. The third-order valence-corrected chi connectivity index (χ3v) is 4.24. The van der Waals surface area contributed by atoms with Gasteiger partial charge in [-0.25, -0.2) is 0 Å². The summed E-state index contributed by atoms with van der Waals surface area (Å²) in [5, 5.41) is 9.18. The number of aliphatic hydroxyl groups excluding tert-OH is 1. The van der Waals surface area contributed by atoms with E-state index in [1.807, 2.05) is 25.1 Å². The van der Waals surface area contributed by atoms with Crippen molar-refractivity contribution in [2.24, 2.45) is 5.73 Å². The van der Waals surface area contributed by atoms with Crippen LogP contribution in [-0.4, -0.2) is 23.9 Å². The fraction of sp³-hybridized carbons (Fsp3) is 0.429. The molecule has 0 aliphatic heterocycles. The van der Waals surface area contributed by atoms with Gasteiger partial charge in [0.1, 0.15) is 5.75 Å². The Morgan fingerprint density at radius 3 is 2.20 bits per heavy atom. The molecule has 25 heavy (non-hydrogen) atoms. The molecule has 0 saturated heterocycles. The lowest BCUT2D eigenvalue weighted by Gasteiger charge is -2.21. The van der Waals surface area contributed by atoms with Crippen LogP contribution in [0.3, 0.4) is 0 Å². The zero-order valence-corrected chi connectivity index (χ0v) is 15.8. The van der Waals surface area contributed by atoms with E-state index in [1.165, 1.54) is 11.1 Å². The van der Waals surface area contributed by atoms with Crippen LogP contribution in [-0.2, 0) is 12.8 Å².